The third kappa shape index (κ3) is 2.79. The first kappa shape index (κ1) is 12.8. The Kier molecular flexibility index (Phi) is 3.81. The van der Waals surface area contributed by atoms with Gasteiger partial charge in [-0.1, -0.05) is 6.07 Å². The zero-order valence-corrected chi connectivity index (χ0v) is 11.5. The number of pyridine rings is 1. The summed E-state index contributed by atoms with van der Waals surface area (Å²) < 4.78 is 24.3. The molecule has 0 aliphatic rings. The van der Waals surface area contributed by atoms with Crippen molar-refractivity contribution in [3.8, 4) is 17.4 Å². The number of hydrogen-bond acceptors (Lipinski definition) is 3. The molecule has 0 atom stereocenters. The maximum atomic E-state index is 13.3. The molecular formula is C13H11BrFNO2. The second kappa shape index (κ2) is 5.35. The number of methoxy groups -OCH3 is 1. The highest BCUT2D eigenvalue weighted by molar-refractivity contribution is 9.10. The highest BCUT2D eigenvalue weighted by Gasteiger charge is 2.11. The molecule has 0 aliphatic heterocycles. The molecule has 3 nitrogen and oxygen atoms in total. The van der Waals surface area contributed by atoms with E-state index in [1.165, 1.54) is 19.2 Å². The van der Waals surface area contributed by atoms with Gasteiger partial charge in [0.1, 0.15) is 5.82 Å². The Morgan fingerprint density at radius 2 is 2.00 bits per heavy atom. The molecule has 0 aliphatic carbocycles. The molecule has 1 heterocycles. The molecule has 1 aromatic carbocycles. The lowest BCUT2D eigenvalue weighted by atomic mass is 10.3. The number of hydrogen-bond donors (Lipinski definition) is 0. The van der Waals surface area contributed by atoms with Gasteiger partial charge in [-0.25, -0.2) is 9.37 Å². The lowest BCUT2D eigenvalue weighted by Gasteiger charge is -2.10. The lowest BCUT2D eigenvalue weighted by Crippen LogP contribution is -1.93. The Labute approximate surface area is 113 Å². The van der Waals surface area contributed by atoms with Gasteiger partial charge in [-0.3, -0.25) is 0 Å². The number of halogens is 2. The minimum absolute atomic E-state index is 0.311. The van der Waals surface area contributed by atoms with E-state index >= 15 is 0 Å². The normalized spacial score (nSPS) is 10.2. The van der Waals surface area contributed by atoms with E-state index < -0.39 is 5.82 Å². The average Bonchev–Trinajstić information content (AvgIpc) is 2.36. The van der Waals surface area contributed by atoms with Crippen molar-refractivity contribution in [1.29, 1.82) is 0 Å². The monoisotopic (exact) mass is 311 g/mol. The van der Waals surface area contributed by atoms with Crippen molar-refractivity contribution < 1.29 is 13.9 Å². The van der Waals surface area contributed by atoms with Crippen molar-refractivity contribution in [3.05, 3.63) is 46.3 Å². The SMILES string of the molecule is COc1cc(F)c(Br)cc1Oc1ccc(C)cn1. The molecule has 0 fully saturated rings. The van der Waals surface area contributed by atoms with E-state index in [-0.39, 0.29) is 0 Å². The van der Waals surface area contributed by atoms with E-state index in [4.69, 9.17) is 9.47 Å². The van der Waals surface area contributed by atoms with E-state index in [1.54, 1.807) is 12.3 Å². The first-order valence-electron chi connectivity index (χ1n) is 5.23. The topological polar surface area (TPSA) is 31.4 Å². The molecule has 0 unspecified atom stereocenters. The van der Waals surface area contributed by atoms with Gasteiger partial charge in [0.25, 0.3) is 0 Å². The Balaban J connectivity index is 2.33. The molecule has 5 heteroatoms. The number of rotatable bonds is 3. The molecule has 2 aromatic rings. The third-order valence-corrected chi connectivity index (χ3v) is 2.91. The third-order valence-electron chi connectivity index (χ3n) is 2.31. The van der Waals surface area contributed by atoms with Crippen LogP contribution in [0.3, 0.4) is 0 Å². The van der Waals surface area contributed by atoms with Crippen LogP contribution in [0.4, 0.5) is 4.39 Å². The van der Waals surface area contributed by atoms with Crippen molar-refractivity contribution in [2.75, 3.05) is 7.11 Å². The highest BCUT2D eigenvalue weighted by Crippen LogP contribution is 2.35. The summed E-state index contributed by atoms with van der Waals surface area (Å²) in [6.45, 7) is 1.94. The van der Waals surface area contributed by atoms with Gasteiger partial charge in [-0.15, -0.1) is 0 Å². The number of benzene rings is 1. The molecule has 0 saturated carbocycles. The van der Waals surface area contributed by atoms with E-state index in [1.807, 2.05) is 13.0 Å². The number of ether oxygens (including phenoxy) is 2. The van der Waals surface area contributed by atoms with Gasteiger partial charge in [0, 0.05) is 24.4 Å². The molecule has 0 N–H and O–H groups in total. The van der Waals surface area contributed by atoms with Crippen LogP contribution in [-0.2, 0) is 0 Å². The fraction of sp³-hybridized carbons (Fsp3) is 0.154. The fourth-order valence-electron chi connectivity index (χ4n) is 1.38. The van der Waals surface area contributed by atoms with Crippen LogP contribution in [0, 0.1) is 12.7 Å². The minimum atomic E-state index is -0.406. The molecule has 2 rings (SSSR count). The second-order valence-corrected chi connectivity index (χ2v) is 4.55. The molecule has 0 amide bonds. The molecular weight excluding hydrogens is 301 g/mol. The van der Waals surface area contributed by atoms with Crippen molar-refractivity contribution in [2.24, 2.45) is 0 Å². The maximum Gasteiger partial charge on any atom is 0.219 e. The van der Waals surface area contributed by atoms with Crippen molar-refractivity contribution >= 4 is 15.9 Å². The molecule has 1 aromatic heterocycles. The smallest absolute Gasteiger partial charge is 0.219 e. The molecule has 18 heavy (non-hydrogen) atoms. The van der Waals surface area contributed by atoms with Crippen LogP contribution in [0.25, 0.3) is 0 Å². The minimum Gasteiger partial charge on any atom is -0.493 e. The maximum absolute atomic E-state index is 13.3. The van der Waals surface area contributed by atoms with Gasteiger partial charge in [0.15, 0.2) is 11.5 Å². The molecule has 0 spiro atoms. The van der Waals surface area contributed by atoms with Crippen molar-refractivity contribution in [3.63, 3.8) is 0 Å². The average molecular weight is 312 g/mol. The molecule has 0 saturated heterocycles. The van der Waals surface area contributed by atoms with Gasteiger partial charge >= 0.3 is 0 Å². The summed E-state index contributed by atoms with van der Waals surface area (Å²) in [6.07, 6.45) is 1.69. The van der Waals surface area contributed by atoms with Gasteiger partial charge in [-0.2, -0.15) is 0 Å². The second-order valence-electron chi connectivity index (χ2n) is 3.69. The predicted molar refractivity (Wildman–Crippen MR) is 69.7 cm³/mol. The zero-order chi connectivity index (χ0) is 13.1. The van der Waals surface area contributed by atoms with Crippen molar-refractivity contribution in [2.45, 2.75) is 6.92 Å². The quantitative estimate of drug-likeness (QED) is 0.855. The van der Waals surface area contributed by atoms with E-state index in [2.05, 4.69) is 20.9 Å². The molecule has 0 radical (unpaired) electrons. The van der Waals surface area contributed by atoms with E-state index in [0.29, 0.717) is 21.9 Å². The summed E-state index contributed by atoms with van der Waals surface area (Å²) in [7, 11) is 1.46. The van der Waals surface area contributed by atoms with Gasteiger partial charge in [0.05, 0.1) is 11.6 Å². The first-order chi connectivity index (χ1) is 8.60. The van der Waals surface area contributed by atoms with Crippen LogP contribution in [-0.4, -0.2) is 12.1 Å². The summed E-state index contributed by atoms with van der Waals surface area (Å²) in [5.74, 6) is 0.744. The fourth-order valence-corrected chi connectivity index (χ4v) is 1.70. The molecule has 0 bridgehead atoms. The van der Waals surface area contributed by atoms with Gasteiger partial charge in [0.2, 0.25) is 5.88 Å². The van der Waals surface area contributed by atoms with E-state index in [0.717, 1.165) is 5.56 Å². The largest absolute Gasteiger partial charge is 0.493 e. The van der Waals surface area contributed by atoms with Crippen LogP contribution >= 0.6 is 15.9 Å². The standard InChI is InChI=1S/C13H11BrFNO2/c1-8-3-4-13(16-7-8)18-12-5-9(14)10(15)6-11(12)17-2/h3-7H,1-2H3. The van der Waals surface area contributed by atoms with Crippen LogP contribution in [0.1, 0.15) is 5.56 Å². The number of nitrogens with zero attached hydrogens (tertiary/aromatic N) is 1. The van der Waals surface area contributed by atoms with Crippen LogP contribution in [0.15, 0.2) is 34.9 Å². The number of aromatic nitrogens is 1. The Morgan fingerprint density at radius 1 is 1.22 bits per heavy atom. The summed E-state index contributed by atoms with van der Waals surface area (Å²) in [5.41, 5.74) is 1.04. The summed E-state index contributed by atoms with van der Waals surface area (Å²) >= 11 is 3.10. The van der Waals surface area contributed by atoms with Crippen LogP contribution < -0.4 is 9.47 Å². The molecule has 94 valence electrons. The Morgan fingerprint density at radius 3 is 2.61 bits per heavy atom. The number of aryl methyl sites for hydroxylation is 1. The van der Waals surface area contributed by atoms with E-state index in [9.17, 15) is 4.39 Å². The Bertz CT molecular complexity index is 558. The highest BCUT2D eigenvalue weighted by atomic mass is 79.9. The van der Waals surface area contributed by atoms with Gasteiger partial charge < -0.3 is 9.47 Å². The van der Waals surface area contributed by atoms with Crippen molar-refractivity contribution in [1.82, 2.24) is 4.98 Å². The summed E-state index contributed by atoms with van der Waals surface area (Å²) in [6, 6.07) is 6.39. The summed E-state index contributed by atoms with van der Waals surface area (Å²) in [4.78, 5) is 4.11. The van der Waals surface area contributed by atoms with Gasteiger partial charge in [-0.05, 0) is 28.4 Å². The first-order valence-corrected chi connectivity index (χ1v) is 6.03. The predicted octanol–water partition coefficient (Wildman–Crippen LogP) is 4.09. The lowest BCUT2D eigenvalue weighted by molar-refractivity contribution is 0.370. The summed E-state index contributed by atoms with van der Waals surface area (Å²) in [5, 5.41) is 0. The Hall–Kier alpha value is -1.62. The van der Waals surface area contributed by atoms with Crippen LogP contribution in [0.5, 0.6) is 17.4 Å². The zero-order valence-electron chi connectivity index (χ0n) is 9.91. The van der Waals surface area contributed by atoms with Crippen LogP contribution in [0.2, 0.25) is 0 Å².